The summed E-state index contributed by atoms with van der Waals surface area (Å²) >= 11 is 9.13. The first-order valence-electron chi connectivity index (χ1n) is 5.55. The second kappa shape index (κ2) is 7.61. The van der Waals surface area contributed by atoms with Crippen LogP contribution in [0.3, 0.4) is 0 Å². The summed E-state index contributed by atoms with van der Waals surface area (Å²) < 4.78 is 6.21. The summed E-state index contributed by atoms with van der Waals surface area (Å²) in [4.78, 5) is 11.6. The lowest BCUT2D eigenvalue weighted by atomic mass is 10.3. The van der Waals surface area contributed by atoms with E-state index < -0.39 is 6.10 Å². The zero-order valence-electron chi connectivity index (χ0n) is 9.95. The molecule has 0 heterocycles. The Hall–Kier alpha value is -0.780. The molecule has 1 rings (SSSR count). The summed E-state index contributed by atoms with van der Waals surface area (Å²) in [5.41, 5.74) is 0. The number of carbonyl (C=O) groups is 1. The fourth-order valence-electron chi connectivity index (χ4n) is 1.25. The van der Waals surface area contributed by atoms with Crippen LogP contribution in [0.15, 0.2) is 22.7 Å². The lowest BCUT2D eigenvalue weighted by Gasteiger charge is -2.15. The Morgan fingerprint density at radius 2 is 2.33 bits per heavy atom. The predicted molar refractivity (Wildman–Crippen MR) is 74.0 cm³/mol. The molecule has 1 amide bonds. The third-order valence-electron chi connectivity index (χ3n) is 2.20. The molecule has 0 saturated carbocycles. The van der Waals surface area contributed by atoms with Gasteiger partial charge in [-0.1, -0.05) is 11.6 Å². The monoisotopic (exact) mass is 335 g/mol. The average Bonchev–Trinajstić information content (AvgIpc) is 2.32. The molecule has 2 N–H and O–H groups in total. The van der Waals surface area contributed by atoms with E-state index in [9.17, 15) is 4.79 Å². The van der Waals surface area contributed by atoms with Crippen molar-refractivity contribution in [3.8, 4) is 5.75 Å². The molecule has 0 saturated heterocycles. The zero-order chi connectivity index (χ0) is 13.5. The number of carbonyl (C=O) groups excluding carboxylic acids is 1. The van der Waals surface area contributed by atoms with Crippen LogP contribution in [0.25, 0.3) is 0 Å². The molecule has 4 nitrogen and oxygen atoms in total. The number of hydrogen-bond donors (Lipinski definition) is 2. The van der Waals surface area contributed by atoms with Crippen molar-refractivity contribution < 1.29 is 14.6 Å². The van der Waals surface area contributed by atoms with Gasteiger partial charge in [0.25, 0.3) is 5.91 Å². The Balaban J connectivity index is 2.53. The molecule has 0 aliphatic rings. The van der Waals surface area contributed by atoms with Gasteiger partial charge < -0.3 is 15.2 Å². The normalized spacial score (nSPS) is 12.0. The van der Waals surface area contributed by atoms with Gasteiger partial charge in [-0.05, 0) is 47.5 Å². The number of aliphatic hydroxyl groups is 1. The van der Waals surface area contributed by atoms with Crippen molar-refractivity contribution in [3.05, 3.63) is 27.7 Å². The lowest BCUT2D eigenvalue weighted by Crippen LogP contribution is -2.37. The largest absolute Gasteiger partial charge is 0.480 e. The number of benzene rings is 1. The Kier molecular flexibility index (Phi) is 6.46. The summed E-state index contributed by atoms with van der Waals surface area (Å²) in [6.45, 7) is 2.15. The van der Waals surface area contributed by atoms with Gasteiger partial charge in [-0.3, -0.25) is 4.79 Å². The quantitative estimate of drug-likeness (QED) is 0.784. The summed E-state index contributed by atoms with van der Waals surface area (Å²) in [7, 11) is 0. The van der Waals surface area contributed by atoms with Crippen molar-refractivity contribution in [1.82, 2.24) is 5.32 Å². The van der Waals surface area contributed by atoms with E-state index in [0.717, 1.165) is 0 Å². The summed E-state index contributed by atoms with van der Waals surface area (Å²) in [5, 5.41) is 11.9. The van der Waals surface area contributed by atoms with E-state index in [1.54, 1.807) is 25.1 Å². The number of nitrogens with one attached hydrogen (secondary N) is 1. The van der Waals surface area contributed by atoms with Crippen LogP contribution >= 0.6 is 27.5 Å². The zero-order valence-corrected chi connectivity index (χ0v) is 12.3. The van der Waals surface area contributed by atoms with Crippen molar-refractivity contribution >= 4 is 33.4 Å². The Morgan fingerprint density at radius 1 is 1.61 bits per heavy atom. The van der Waals surface area contributed by atoms with Crippen LogP contribution in [0, 0.1) is 0 Å². The van der Waals surface area contributed by atoms with E-state index in [1.807, 2.05) is 0 Å². The fraction of sp³-hybridized carbons (Fsp3) is 0.417. The second-order valence-electron chi connectivity index (χ2n) is 3.70. The summed E-state index contributed by atoms with van der Waals surface area (Å²) in [5.74, 6) is 0.342. The molecule has 0 radical (unpaired) electrons. The molecule has 1 atom stereocenters. The standard InChI is InChI=1S/C12H15BrClNO3/c1-8(12(17)15-5-2-6-16)18-11-4-3-9(14)7-10(11)13/h3-4,7-8,16H,2,5-6H2,1H3,(H,15,17). The van der Waals surface area contributed by atoms with E-state index >= 15 is 0 Å². The van der Waals surface area contributed by atoms with Crippen molar-refractivity contribution in [3.63, 3.8) is 0 Å². The Labute approximate surface area is 119 Å². The van der Waals surface area contributed by atoms with Gasteiger partial charge >= 0.3 is 0 Å². The maximum Gasteiger partial charge on any atom is 0.260 e. The molecule has 0 aromatic heterocycles. The molecule has 0 spiro atoms. The molecule has 1 aromatic rings. The van der Waals surface area contributed by atoms with Gasteiger partial charge in [-0.25, -0.2) is 0 Å². The average molecular weight is 337 g/mol. The molecule has 6 heteroatoms. The highest BCUT2D eigenvalue weighted by atomic mass is 79.9. The highest BCUT2D eigenvalue weighted by Crippen LogP contribution is 2.28. The highest BCUT2D eigenvalue weighted by molar-refractivity contribution is 9.10. The molecular weight excluding hydrogens is 321 g/mol. The van der Waals surface area contributed by atoms with Crippen LogP contribution in [-0.4, -0.2) is 30.3 Å². The molecule has 0 aliphatic heterocycles. The van der Waals surface area contributed by atoms with Crippen molar-refractivity contribution in [2.24, 2.45) is 0 Å². The first-order chi connectivity index (χ1) is 8.54. The second-order valence-corrected chi connectivity index (χ2v) is 4.99. The van der Waals surface area contributed by atoms with E-state index in [1.165, 1.54) is 0 Å². The molecule has 0 bridgehead atoms. The number of halogens is 2. The van der Waals surface area contributed by atoms with Gasteiger partial charge in [0.15, 0.2) is 6.10 Å². The first kappa shape index (κ1) is 15.3. The number of rotatable bonds is 6. The minimum Gasteiger partial charge on any atom is -0.480 e. The number of hydrogen-bond acceptors (Lipinski definition) is 3. The highest BCUT2D eigenvalue weighted by Gasteiger charge is 2.15. The fourth-order valence-corrected chi connectivity index (χ4v) is 2.03. The third-order valence-corrected chi connectivity index (χ3v) is 3.06. The maximum absolute atomic E-state index is 11.6. The van der Waals surface area contributed by atoms with Gasteiger partial charge in [-0.15, -0.1) is 0 Å². The summed E-state index contributed by atoms with van der Waals surface area (Å²) in [6.07, 6.45) is -0.0792. The van der Waals surface area contributed by atoms with Crippen molar-refractivity contribution in [2.75, 3.05) is 13.2 Å². The number of aliphatic hydroxyl groups excluding tert-OH is 1. The van der Waals surface area contributed by atoms with Crippen LogP contribution in [0.1, 0.15) is 13.3 Å². The molecule has 18 heavy (non-hydrogen) atoms. The van der Waals surface area contributed by atoms with Crippen molar-refractivity contribution in [2.45, 2.75) is 19.4 Å². The van der Waals surface area contributed by atoms with Crippen LogP contribution in [-0.2, 0) is 4.79 Å². The molecule has 1 aromatic carbocycles. The third kappa shape index (κ3) is 4.84. The van der Waals surface area contributed by atoms with E-state index in [0.29, 0.717) is 28.2 Å². The molecule has 0 fully saturated rings. The molecule has 100 valence electrons. The SMILES string of the molecule is CC(Oc1ccc(Cl)cc1Br)C(=O)NCCCO. The van der Waals surface area contributed by atoms with Gasteiger partial charge in [0.05, 0.1) is 4.47 Å². The van der Waals surface area contributed by atoms with E-state index in [2.05, 4.69) is 21.2 Å². The number of ether oxygens (including phenoxy) is 1. The molecule has 0 aliphatic carbocycles. The van der Waals surface area contributed by atoms with Crippen LogP contribution in [0.4, 0.5) is 0 Å². The first-order valence-corrected chi connectivity index (χ1v) is 6.72. The van der Waals surface area contributed by atoms with E-state index in [4.69, 9.17) is 21.4 Å². The van der Waals surface area contributed by atoms with Gasteiger partial charge in [0, 0.05) is 18.2 Å². The van der Waals surface area contributed by atoms with Crippen molar-refractivity contribution in [1.29, 1.82) is 0 Å². The lowest BCUT2D eigenvalue weighted by molar-refractivity contribution is -0.127. The Bertz CT molecular complexity index is 414. The minimum atomic E-state index is -0.610. The summed E-state index contributed by atoms with van der Waals surface area (Å²) in [6, 6.07) is 5.09. The van der Waals surface area contributed by atoms with Crippen LogP contribution < -0.4 is 10.1 Å². The Morgan fingerprint density at radius 3 is 2.94 bits per heavy atom. The minimum absolute atomic E-state index is 0.0538. The smallest absolute Gasteiger partial charge is 0.260 e. The van der Waals surface area contributed by atoms with E-state index in [-0.39, 0.29) is 12.5 Å². The maximum atomic E-state index is 11.6. The predicted octanol–water partition coefficient (Wildman–Crippen LogP) is 2.37. The van der Waals surface area contributed by atoms with Gasteiger partial charge in [0.1, 0.15) is 5.75 Å². The molecule has 1 unspecified atom stereocenters. The number of amides is 1. The molecular formula is C12H15BrClNO3. The van der Waals surface area contributed by atoms with Gasteiger partial charge in [-0.2, -0.15) is 0 Å². The van der Waals surface area contributed by atoms with Crippen LogP contribution in [0.5, 0.6) is 5.75 Å². The topological polar surface area (TPSA) is 58.6 Å². The van der Waals surface area contributed by atoms with Gasteiger partial charge in [0.2, 0.25) is 0 Å². The van der Waals surface area contributed by atoms with Crippen LogP contribution in [0.2, 0.25) is 5.02 Å².